The van der Waals surface area contributed by atoms with Crippen molar-refractivity contribution in [1.29, 1.82) is 0 Å². The summed E-state index contributed by atoms with van der Waals surface area (Å²) in [4.78, 5) is 0. The Kier molecular flexibility index (Phi) is 4.14. The molecule has 0 amide bonds. The van der Waals surface area contributed by atoms with Gasteiger partial charge in [-0.15, -0.1) is 0 Å². The van der Waals surface area contributed by atoms with Gasteiger partial charge >= 0.3 is 0 Å². The van der Waals surface area contributed by atoms with Crippen molar-refractivity contribution < 1.29 is 0 Å². The van der Waals surface area contributed by atoms with E-state index in [0.717, 1.165) is 0 Å². The molecule has 0 saturated heterocycles. The van der Waals surface area contributed by atoms with Crippen LogP contribution in [0.5, 0.6) is 0 Å². The maximum absolute atomic E-state index is 2.48. The number of hydrogen-bond acceptors (Lipinski definition) is 0. The number of aryl methyl sites for hydroxylation is 1. The molecule has 6 aromatic carbocycles. The van der Waals surface area contributed by atoms with E-state index in [9.17, 15) is 0 Å². The molecule has 2 aliphatic rings. The summed E-state index contributed by atoms with van der Waals surface area (Å²) in [6.45, 7) is 2.21. The summed E-state index contributed by atoms with van der Waals surface area (Å²) >= 11 is 0. The zero-order chi connectivity index (χ0) is 23.8. The molecule has 0 heteroatoms. The van der Waals surface area contributed by atoms with Gasteiger partial charge in [0.2, 0.25) is 0 Å². The van der Waals surface area contributed by atoms with Gasteiger partial charge in [0.15, 0.2) is 0 Å². The molecule has 2 atom stereocenters. The van der Waals surface area contributed by atoms with E-state index in [0.29, 0.717) is 11.8 Å². The van der Waals surface area contributed by atoms with E-state index >= 15 is 0 Å². The normalized spacial score (nSPS) is 17.5. The van der Waals surface area contributed by atoms with E-state index in [2.05, 4.69) is 122 Å². The Bertz CT molecular complexity index is 1770. The third-order valence-corrected chi connectivity index (χ3v) is 8.42. The van der Waals surface area contributed by atoms with Crippen LogP contribution in [0.15, 0.2) is 115 Å². The van der Waals surface area contributed by atoms with Gasteiger partial charge in [0.1, 0.15) is 0 Å². The summed E-state index contributed by atoms with van der Waals surface area (Å²) < 4.78 is 0. The van der Waals surface area contributed by atoms with E-state index in [4.69, 9.17) is 0 Å². The van der Waals surface area contributed by atoms with Crippen molar-refractivity contribution in [1.82, 2.24) is 0 Å². The second-order valence-corrected chi connectivity index (χ2v) is 10.5. The molecule has 2 aliphatic carbocycles. The van der Waals surface area contributed by atoms with Crippen LogP contribution in [0.25, 0.3) is 54.9 Å². The van der Waals surface area contributed by atoms with E-state index in [1.807, 2.05) is 0 Å². The highest BCUT2D eigenvalue weighted by atomic mass is 14.5. The average molecular weight is 459 g/mol. The van der Waals surface area contributed by atoms with Crippen LogP contribution >= 0.6 is 0 Å². The molecule has 0 aliphatic heterocycles. The van der Waals surface area contributed by atoms with E-state index < -0.39 is 0 Å². The monoisotopic (exact) mass is 458 g/mol. The Morgan fingerprint density at radius 1 is 0.472 bits per heavy atom. The van der Waals surface area contributed by atoms with Crippen molar-refractivity contribution in [3.63, 3.8) is 0 Å². The SMILES string of the molecule is Cc1ccc2c(c1)-c1cc(-c3c4ccccc4c(-c4ccccc4)c4ccccc34)ccc1C1CC21. The molecular formula is C36H26. The van der Waals surface area contributed by atoms with Crippen molar-refractivity contribution in [2.45, 2.75) is 25.2 Å². The van der Waals surface area contributed by atoms with Gasteiger partial charge < -0.3 is 0 Å². The number of fused-ring (bicyclic) bond motifs is 8. The molecule has 170 valence electrons. The lowest BCUT2D eigenvalue weighted by molar-refractivity contribution is 1.00. The molecular weight excluding hydrogens is 432 g/mol. The predicted molar refractivity (Wildman–Crippen MR) is 153 cm³/mol. The fourth-order valence-electron chi connectivity index (χ4n) is 6.73. The minimum atomic E-state index is 0.693. The summed E-state index contributed by atoms with van der Waals surface area (Å²) in [5, 5.41) is 5.27. The second kappa shape index (κ2) is 7.42. The fraction of sp³-hybridized carbons (Fsp3) is 0.111. The van der Waals surface area contributed by atoms with Crippen molar-refractivity contribution in [3.05, 3.63) is 132 Å². The molecule has 0 spiro atoms. The van der Waals surface area contributed by atoms with Crippen LogP contribution < -0.4 is 0 Å². The van der Waals surface area contributed by atoms with Crippen LogP contribution in [0, 0.1) is 6.92 Å². The van der Waals surface area contributed by atoms with E-state index in [-0.39, 0.29) is 0 Å². The minimum absolute atomic E-state index is 0.693. The molecule has 0 N–H and O–H groups in total. The van der Waals surface area contributed by atoms with Crippen LogP contribution in [0.4, 0.5) is 0 Å². The molecule has 0 heterocycles. The molecule has 0 bridgehead atoms. The smallest absolute Gasteiger partial charge is 0.00262 e. The lowest BCUT2D eigenvalue weighted by atomic mass is 9.81. The minimum Gasteiger partial charge on any atom is -0.0622 e. The molecule has 6 aromatic rings. The fourth-order valence-corrected chi connectivity index (χ4v) is 6.73. The highest BCUT2D eigenvalue weighted by Gasteiger charge is 2.45. The third kappa shape index (κ3) is 2.82. The van der Waals surface area contributed by atoms with Gasteiger partial charge in [-0.3, -0.25) is 0 Å². The highest BCUT2D eigenvalue weighted by molar-refractivity contribution is 6.21. The van der Waals surface area contributed by atoms with Gasteiger partial charge in [-0.2, -0.15) is 0 Å². The first-order valence-corrected chi connectivity index (χ1v) is 13.0. The quantitative estimate of drug-likeness (QED) is 0.226. The summed E-state index contributed by atoms with van der Waals surface area (Å²) in [5.74, 6) is 1.41. The lowest BCUT2D eigenvalue weighted by Gasteiger charge is -2.22. The standard InChI is InChI=1S/C36H26/c1-22-15-17-25-31(19-22)32-20-24(16-18-26(32)34-21-33(25)34)36-29-13-7-5-11-27(29)35(23-9-3-2-4-10-23)28-12-6-8-14-30(28)36/h2-20,33-34H,21H2,1H3. The first-order chi connectivity index (χ1) is 17.8. The number of benzene rings is 6. The summed E-state index contributed by atoms with van der Waals surface area (Å²) in [6, 6.07) is 43.1. The van der Waals surface area contributed by atoms with Crippen molar-refractivity contribution in [2.75, 3.05) is 0 Å². The van der Waals surface area contributed by atoms with Crippen LogP contribution in [-0.2, 0) is 0 Å². The largest absolute Gasteiger partial charge is 0.0622 e. The Balaban J connectivity index is 1.46. The van der Waals surface area contributed by atoms with Crippen LogP contribution in [0.3, 0.4) is 0 Å². The van der Waals surface area contributed by atoms with Crippen LogP contribution in [-0.4, -0.2) is 0 Å². The van der Waals surface area contributed by atoms with Gasteiger partial charge in [0.25, 0.3) is 0 Å². The van der Waals surface area contributed by atoms with Gasteiger partial charge in [-0.25, -0.2) is 0 Å². The Hall–Kier alpha value is -4.16. The molecule has 0 nitrogen and oxygen atoms in total. The zero-order valence-corrected chi connectivity index (χ0v) is 20.3. The molecule has 0 aromatic heterocycles. The maximum atomic E-state index is 2.48. The molecule has 0 radical (unpaired) electrons. The van der Waals surface area contributed by atoms with E-state index in [1.165, 1.54) is 72.5 Å². The van der Waals surface area contributed by atoms with E-state index in [1.54, 1.807) is 5.56 Å². The summed E-state index contributed by atoms with van der Waals surface area (Å²) in [7, 11) is 0. The topological polar surface area (TPSA) is 0 Å². The van der Waals surface area contributed by atoms with Crippen molar-refractivity contribution >= 4 is 21.5 Å². The van der Waals surface area contributed by atoms with Crippen LogP contribution in [0.2, 0.25) is 0 Å². The van der Waals surface area contributed by atoms with Crippen molar-refractivity contribution in [3.8, 4) is 33.4 Å². The Morgan fingerprint density at radius 3 is 1.58 bits per heavy atom. The Morgan fingerprint density at radius 2 is 0.972 bits per heavy atom. The lowest BCUT2D eigenvalue weighted by Crippen LogP contribution is -2.00. The van der Waals surface area contributed by atoms with Crippen molar-refractivity contribution in [2.24, 2.45) is 0 Å². The first-order valence-electron chi connectivity index (χ1n) is 13.0. The zero-order valence-electron chi connectivity index (χ0n) is 20.3. The number of hydrogen-bond donors (Lipinski definition) is 0. The van der Waals surface area contributed by atoms with Gasteiger partial charge in [0.05, 0.1) is 0 Å². The molecule has 8 rings (SSSR count). The molecule has 36 heavy (non-hydrogen) atoms. The summed E-state index contributed by atoms with van der Waals surface area (Å²) in [5.41, 5.74) is 12.6. The first kappa shape index (κ1) is 20.1. The second-order valence-electron chi connectivity index (χ2n) is 10.5. The predicted octanol–water partition coefficient (Wildman–Crippen LogP) is 9.89. The van der Waals surface area contributed by atoms with Gasteiger partial charge in [0, 0.05) is 0 Å². The van der Waals surface area contributed by atoms with Gasteiger partial charge in [-0.1, -0.05) is 115 Å². The summed E-state index contributed by atoms with van der Waals surface area (Å²) in [6.07, 6.45) is 1.29. The molecule has 1 fully saturated rings. The van der Waals surface area contributed by atoms with Gasteiger partial charge in [-0.05, 0) is 97.3 Å². The maximum Gasteiger partial charge on any atom is -0.00262 e. The average Bonchev–Trinajstić information content (AvgIpc) is 3.73. The molecule has 2 unspecified atom stereocenters. The van der Waals surface area contributed by atoms with Crippen LogP contribution in [0.1, 0.15) is 34.9 Å². The molecule has 1 saturated carbocycles. The highest BCUT2D eigenvalue weighted by Crippen LogP contribution is 2.62. The Labute approximate surface area is 211 Å². The number of rotatable bonds is 2. The third-order valence-electron chi connectivity index (χ3n) is 8.42.